The molecule has 2 unspecified atom stereocenters. The van der Waals surface area contributed by atoms with Gasteiger partial charge in [-0.25, -0.2) is 4.79 Å². The number of ether oxygens (including phenoxy) is 1. The summed E-state index contributed by atoms with van der Waals surface area (Å²) in [6, 6.07) is 1.77. The van der Waals surface area contributed by atoms with E-state index in [2.05, 4.69) is 17.6 Å². The van der Waals surface area contributed by atoms with Crippen molar-refractivity contribution in [3.05, 3.63) is 0 Å². The molecule has 23 heavy (non-hydrogen) atoms. The molecule has 0 aromatic rings. The van der Waals surface area contributed by atoms with Gasteiger partial charge in [0.1, 0.15) is 5.78 Å². The minimum atomic E-state index is -1.76. The number of hydrogen-bond donors (Lipinski definition) is 2. The summed E-state index contributed by atoms with van der Waals surface area (Å²) in [7, 11) is 1.14. The number of carbonyl (C=O) groups excluding carboxylic acids is 3. The molecule has 0 spiro atoms. The average molecular weight is 339 g/mol. The van der Waals surface area contributed by atoms with E-state index in [0.717, 1.165) is 26.4 Å². The van der Waals surface area contributed by atoms with Gasteiger partial charge in [-0.05, 0) is 18.6 Å². The molecule has 0 aliphatic carbocycles. The van der Waals surface area contributed by atoms with Gasteiger partial charge in [0, 0.05) is 12.8 Å². The van der Waals surface area contributed by atoms with Crippen LogP contribution in [-0.2, 0) is 19.1 Å². The standard InChI is InChI=1S/C15H21N3O4S/c1-3-4-5-6-7-10(19)8-15(13(21)22-2)11(9-16)12(20)17-14(23)18-15/h11H,3-8H2,1-2H3,(H2,17,18,20,23). The predicted molar refractivity (Wildman–Crippen MR) is 86.1 cm³/mol. The van der Waals surface area contributed by atoms with Crippen LogP contribution in [0.3, 0.4) is 0 Å². The molecule has 0 bridgehead atoms. The molecule has 1 aliphatic heterocycles. The third-order valence-electron chi connectivity index (χ3n) is 3.79. The SMILES string of the molecule is CCCCCCC(=O)CC1(C(=O)OC)NC(=S)NC(=O)C1C#N. The van der Waals surface area contributed by atoms with E-state index >= 15 is 0 Å². The number of esters is 1. The zero-order chi connectivity index (χ0) is 17.5. The van der Waals surface area contributed by atoms with Crippen molar-refractivity contribution in [2.75, 3.05) is 7.11 Å². The topological polar surface area (TPSA) is 108 Å². The summed E-state index contributed by atoms with van der Waals surface area (Å²) in [4.78, 5) is 36.4. The van der Waals surface area contributed by atoms with Crippen LogP contribution in [0.5, 0.6) is 0 Å². The largest absolute Gasteiger partial charge is 0.467 e. The van der Waals surface area contributed by atoms with E-state index in [1.165, 1.54) is 0 Å². The van der Waals surface area contributed by atoms with Crippen LogP contribution in [-0.4, -0.2) is 35.4 Å². The van der Waals surface area contributed by atoms with Crippen LogP contribution in [0.25, 0.3) is 0 Å². The van der Waals surface area contributed by atoms with Crippen LogP contribution in [0.1, 0.15) is 45.4 Å². The fraction of sp³-hybridized carbons (Fsp3) is 0.667. The lowest BCUT2D eigenvalue weighted by Gasteiger charge is -2.38. The molecule has 0 saturated carbocycles. The summed E-state index contributed by atoms with van der Waals surface area (Å²) in [6.45, 7) is 2.07. The highest BCUT2D eigenvalue weighted by atomic mass is 32.1. The third-order valence-corrected chi connectivity index (χ3v) is 4.00. The maximum absolute atomic E-state index is 12.2. The van der Waals surface area contributed by atoms with Crippen LogP contribution in [0.15, 0.2) is 0 Å². The number of unbranched alkanes of at least 4 members (excludes halogenated alkanes) is 3. The Balaban J connectivity index is 2.96. The van der Waals surface area contributed by atoms with Crippen LogP contribution in [0, 0.1) is 17.2 Å². The molecule has 0 radical (unpaired) electrons. The molecule has 1 aliphatic rings. The fourth-order valence-corrected chi connectivity index (χ4v) is 2.88. The Hall–Kier alpha value is -2.01. The lowest BCUT2D eigenvalue weighted by Crippen LogP contribution is -2.70. The molecule has 2 N–H and O–H groups in total. The number of ketones is 1. The molecule has 2 atom stereocenters. The van der Waals surface area contributed by atoms with E-state index in [9.17, 15) is 19.6 Å². The van der Waals surface area contributed by atoms with Crippen molar-refractivity contribution in [3.8, 4) is 6.07 Å². The lowest BCUT2D eigenvalue weighted by atomic mass is 9.78. The highest BCUT2D eigenvalue weighted by molar-refractivity contribution is 7.80. The summed E-state index contributed by atoms with van der Waals surface area (Å²) >= 11 is 4.90. The molecular weight excluding hydrogens is 318 g/mol. The molecule has 126 valence electrons. The van der Waals surface area contributed by atoms with Crippen molar-refractivity contribution in [1.29, 1.82) is 5.26 Å². The highest BCUT2D eigenvalue weighted by Crippen LogP contribution is 2.28. The monoisotopic (exact) mass is 339 g/mol. The van der Waals surface area contributed by atoms with E-state index in [4.69, 9.17) is 17.0 Å². The van der Waals surface area contributed by atoms with Crippen molar-refractivity contribution >= 4 is 35.0 Å². The smallest absolute Gasteiger partial charge is 0.333 e. The van der Waals surface area contributed by atoms with Gasteiger partial charge in [-0.1, -0.05) is 26.2 Å². The minimum absolute atomic E-state index is 0.0920. The summed E-state index contributed by atoms with van der Waals surface area (Å²) in [6.07, 6.45) is 3.68. The summed E-state index contributed by atoms with van der Waals surface area (Å²) < 4.78 is 4.72. The number of hydrogen-bond acceptors (Lipinski definition) is 6. The molecule has 1 saturated heterocycles. The number of methoxy groups -OCH3 is 1. The minimum Gasteiger partial charge on any atom is -0.467 e. The van der Waals surface area contributed by atoms with Gasteiger partial charge in [0.15, 0.2) is 16.6 Å². The second-order valence-electron chi connectivity index (χ2n) is 5.49. The Kier molecular flexibility index (Phi) is 7.10. The number of carbonyl (C=O) groups is 3. The summed E-state index contributed by atoms with van der Waals surface area (Å²) in [5.74, 6) is -3.15. The van der Waals surface area contributed by atoms with E-state index < -0.39 is 23.3 Å². The first-order valence-electron chi connectivity index (χ1n) is 7.54. The van der Waals surface area contributed by atoms with Crippen molar-refractivity contribution in [1.82, 2.24) is 10.6 Å². The zero-order valence-corrected chi connectivity index (χ0v) is 14.1. The molecule has 7 nitrogen and oxygen atoms in total. The van der Waals surface area contributed by atoms with Crippen molar-refractivity contribution in [2.24, 2.45) is 5.92 Å². The number of thiocarbonyl (C=S) groups is 1. The number of nitrogens with zero attached hydrogens (tertiary/aromatic N) is 1. The van der Waals surface area contributed by atoms with Gasteiger partial charge in [-0.2, -0.15) is 5.26 Å². The van der Waals surface area contributed by atoms with Gasteiger partial charge in [-0.3, -0.25) is 9.59 Å². The van der Waals surface area contributed by atoms with Gasteiger partial charge in [-0.15, -0.1) is 0 Å². The summed E-state index contributed by atoms with van der Waals surface area (Å²) in [5, 5.41) is 14.1. The Morgan fingerprint density at radius 1 is 1.39 bits per heavy atom. The van der Waals surface area contributed by atoms with Gasteiger partial charge < -0.3 is 15.4 Å². The quantitative estimate of drug-likeness (QED) is 0.385. The molecule has 0 aromatic carbocycles. The molecule has 8 heteroatoms. The molecule has 1 heterocycles. The maximum Gasteiger partial charge on any atom is 0.333 e. The van der Waals surface area contributed by atoms with Gasteiger partial charge in [0.2, 0.25) is 5.91 Å². The maximum atomic E-state index is 12.2. The normalized spacial score (nSPS) is 23.4. The first kappa shape index (κ1) is 19.0. The van der Waals surface area contributed by atoms with Crippen LogP contribution in [0.2, 0.25) is 0 Å². The van der Waals surface area contributed by atoms with Crippen molar-refractivity contribution in [2.45, 2.75) is 51.0 Å². The number of amides is 1. The highest BCUT2D eigenvalue weighted by Gasteiger charge is 2.55. The Labute approximate surface area is 140 Å². The second-order valence-corrected chi connectivity index (χ2v) is 5.90. The number of nitriles is 1. The van der Waals surface area contributed by atoms with Gasteiger partial charge >= 0.3 is 5.97 Å². The van der Waals surface area contributed by atoms with E-state index in [1.54, 1.807) is 6.07 Å². The Morgan fingerprint density at radius 2 is 2.09 bits per heavy atom. The second kappa shape index (κ2) is 8.58. The van der Waals surface area contributed by atoms with Gasteiger partial charge in [0.25, 0.3) is 0 Å². The zero-order valence-electron chi connectivity index (χ0n) is 13.3. The first-order chi connectivity index (χ1) is 10.9. The lowest BCUT2D eigenvalue weighted by molar-refractivity contribution is -0.154. The number of Topliss-reactive ketones (excluding diaryl/α,β-unsaturated/α-hetero) is 1. The Morgan fingerprint density at radius 3 is 2.65 bits per heavy atom. The number of nitrogens with one attached hydrogen (secondary N) is 2. The molecule has 1 fully saturated rings. The predicted octanol–water partition coefficient (Wildman–Crippen LogP) is 0.972. The molecule has 1 rings (SSSR count). The molecule has 0 aromatic heterocycles. The van der Waals surface area contributed by atoms with Crippen molar-refractivity contribution < 1.29 is 19.1 Å². The fourth-order valence-electron chi connectivity index (χ4n) is 2.60. The van der Waals surface area contributed by atoms with E-state index in [0.29, 0.717) is 6.42 Å². The summed E-state index contributed by atoms with van der Waals surface area (Å²) in [5.41, 5.74) is -1.76. The van der Waals surface area contributed by atoms with E-state index in [-0.39, 0.29) is 23.7 Å². The Bertz CT molecular complexity index is 543. The van der Waals surface area contributed by atoms with Crippen LogP contribution >= 0.6 is 12.2 Å². The molecule has 1 amide bonds. The van der Waals surface area contributed by atoms with E-state index in [1.807, 2.05) is 0 Å². The van der Waals surface area contributed by atoms with Crippen LogP contribution in [0.4, 0.5) is 0 Å². The van der Waals surface area contributed by atoms with Crippen LogP contribution < -0.4 is 10.6 Å². The third kappa shape index (κ3) is 4.48. The number of rotatable bonds is 8. The average Bonchev–Trinajstić information content (AvgIpc) is 2.50. The first-order valence-corrected chi connectivity index (χ1v) is 7.94. The van der Waals surface area contributed by atoms with Crippen molar-refractivity contribution in [3.63, 3.8) is 0 Å². The van der Waals surface area contributed by atoms with Gasteiger partial charge in [0.05, 0.1) is 13.2 Å². The molecular formula is C15H21N3O4S.